The van der Waals surface area contributed by atoms with Crippen LogP contribution in [0.5, 0.6) is 0 Å². The van der Waals surface area contributed by atoms with Crippen LogP contribution in [0.3, 0.4) is 0 Å². The number of amides is 1. The largest absolute Gasteiger partial charge is 0.372 e. The second-order valence-electron chi connectivity index (χ2n) is 9.01. The third-order valence-electron chi connectivity index (χ3n) is 6.23. The van der Waals surface area contributed by atoms with E-state index in [0.717, 1.165) is 26.5 Å². The molecule has 3 heterocycles. The van der Waals surface area contributed by atoms with Crippen molar-refractivity contribution in [3.05, 3.63) is 58.6 Å². The van der Waals surface area contributed by atoms with Crippen molar-refractivity contribution in [1.29, 1.82) is 0 Å². The lowest BCUT2D eigenvalue weighted by molar-refractivity contribution is -0.142. The molecular weight excluding hydrogens is 526 g/mol. The van der Waals surface area contributed by atoms with Crippen LogP contribution in [0.15, 0.2) is 58.2 Å². The molecule has 0 N–H and O–H groups in total. The van der Waals surface area contributed by atoms with Gasteiger partial charge in [0.05, 0.1) is 23.0 Å². The first kappa shape index (κ1) is 24.2. The van der Waals surface area contributed by atoms with Crippen LogP contribution < -0.4 is 0 Å². The van der Waals surface area contributed by atoms with Crippen molar-refractivity contribution in [3.63, 3.8) is 0 Å². The highest BCUT2D eigenvalue weighted by Crippen LogP contribution is 2.30. The number of carbonyl (C=O) groups is 1. The minimum Gasteiger partial charge on any atom is -0.372 e. The molecule has 0 spiro atoms. The Balaban J connectivity index is 1.47. The summed E-state index contributed by atoms with van der Waals surface area (Å²) in [5.74, 6) is 0.110. The number of hydrogen-bond donors (Lipinski definition) is 0. The molecule has 0 radical (unpaired) electrons. The van der Waals surface area contributed by atoms with Crippen LogP contribution in [0.4, 0.5) is 0 Å². The Hall–Kier alpha value is -2.49. The molecule has 0 bridgehead atoms. The number of rotatable bonds is 6. The normalized spacial score (nSPS) is 19.4. The van der Waals surface area contributed by atoms with E-state index in [1.165, 1.54) is 17.3 Å². The number of benzene rings is 2. The molecule has 5 rings (SSSR count). The van der Waals surface area contributed by atoms with Gasteiger partial charge >= 0.3 is 0 Å². The van der Waals surface area contributed by atoms with Gasteiger partial charge in [-0.3, -0.25) is 4.79 Å². The van der Waals surface area contributed by atoms with Gasteiger partial charge in [0, 0.05) is 29.5 Å². The number of para-hydroxylation sites is 1. The molecule has 7 nitrogen and oxygen atoms in total. The fourth-order valence-corrected chi connectivity index (χ4v) is 5.83. The minimum absolute atomic E-state index is 0.0359. The highest BCUT2D eigenvalue weighted by Gasteiger charge is 2.31. The monoisotopic (exact) mass is 553 g/mol. The van der Waals surface area contributed by atoms with Crippen molar-refractivity contribution in [2.45, 2.75) is 56.4 Å². The van der Waals surface area contributed by atoms with Gasteiger partial charge in [0.2, 0.25) is 11.1 Å². The number of carbonyl (C=O) groups excluding carboxylic acids is 1. The first-order valence-electron chi connectivity index (χ1n) is 11.9. The third-order valence-corrected chi connectivity index (χ3v) is 7.97. The average molecular weight is 555 g/mol. The van der Waals surface area contributed by atoms with E-state index in [9.17, 15) is 4.79 Å². The Morgan fingerprint density at radius 3 is 2.54 bits per heavy atom. The number of ether oxygens (including phenoxy) is 1. The number of hydrogen-bond acceptors (Lipinski definition) is 6. The molecular formula is C26H28BrN5O2S. The van der Waals surface area contributed by atoms with Crippen LogP contribution >= 0.6 is 27.7 Å². The molecule has 1 saturated heterocycles. The minimum atomic E-state index is -0.268. The number of halogens is 1. The second kappa shape index (κ2) is 10.2. The predicted molar refractivity (Wildman–Crippen MR) is 143 cm³/mol. The van der Waals surface area contributed by atoms with Crippen molar-refractivity contribution in [3.8, 4) is 0 Å². The smallest absolute Gasteiger partial charge is 0.236 e. The van der Waals surface area contributed by atoms with Gasteiger partial charge < -0.3 is 14.2 Å². The lowest BCUT2D eigenvalue weighted by Gasteiger charge is -2.36. The number of fused-ring (bicyclic) bond motifs is 3. The second-order valence-corrected chi connectivity index (χ2v) is 11.1. The van der Waals surface area contributed by atoms with Crippen LogP contribution in [-0.2, 0) is 16.1 Å². The highest BCUT2D eigenvalue weighted by molar-refractivity contribution is 9.10. The molecule has 4 aromatic rings. The molecule has 1 aliphatic rings. The van der Waals surface area contributed by atoms with E-state index >= 15 is 0 Å². The Kier molecular flexibility index (Phi) is 7.09. The number of nitrogens with zero attached hydrogens (tertiary/aromatic N) is 5. The summed E-state index contributed by atoms with van der Waals surface area (Å²) < 4.78 is 9.03. The molecule has 2 aromatic carbocycles. The predicted octanol–water partition coefficient (Wildman–Crippen LogP) is 5.30. The zero-order chi connectivity index (χ0) is 24.5. The van der Waals surface area contributed by atoms with Gasteiger partial charge in [0.1, 0.15) is 5.52 Å². The first-order valence-corrected chi connectivity index (χ1v) is 13.6. The van der Waals surface area contributed by atoms with Crippen LogP contribution in [-0.4, -0.2) is 61.1 Å². The zero-order valence-corrected chi connectivity index (χ0v) is 22.4. The van der Waals surface area contributed by atoms with Crippen LogP contribution in [0.25, 0.3) is 22.1 Å². The molecule has 9 heteroatoms. The summed E-state index contributed by atoms with van der Waals surface area (Å²) in [6, 6.07) is 16.5. The van der Waals surface area contributed by atoms with Gasteiger partial charge in [-0.1, -0.05) is 64.9 Å². The van der Waals surface area contributed by atoms with Crippen molar-refractivity contribution in [1.82, 2.24) is 24.6 Å². The number of aromatic nitrogens is 4. The SMILES string of the molecule is CCC(Sc1nnc2c3ccccc3n(Cc3ccc(Br)cc3)c2n1)C(=O)N1CC(C)OC(C)C1. The molecule has 0 aliphatic carbocycles. The van der Waals surface area contributed by atoms with E-state index in [2.05, 4.69) is 55.0 Å². The Morgan fingerprint density at radius 1 is 1.11 bits per heavy atom. The average Bonchev–Trinajstić information content (AvgIpc) is 3.16. The summed E-state index contributed by atoms with van der Waals surface area (Å²) >= 11 is 4.91. The summed E-state index contributed by atoms with van der Waals surface area (Å²) in [6.45, 7) is 7.93. The van der Waals surface area contributed by atoms with E-state index < -0.39 is 0 Å². The molecule has 2 aromatic heterocycles. The molecule has 1 aliphatic heterocycles. The van der Waals surface area contributed by atoms with Crippen LogP contribution in [0.1, 0.15) is 32.8 Å². The van der Waals surface area contributed by atoms with E-state index in [1.807, 2.05) is 49.9 Å². The van der Waals surface area contributed by atoms with E-state index in [0.29, 0.717) is 31.2 Å². The maximum absolute atomic E-state index is 13.3. The van der Waals surface area contributed by atoms with Gasteiger partial charge in [0.15, 0.2) is 5.65 Å². The van der Waals surface area contributed by atoms with Crippen molar-refractivity contribution >= 4 is 55.7 Å². The van der Waals surface area contributed by atoms with Gasteiger partial charge in [-0.05, 0) is 44.0 Å². The van der Waals surface area contributed by atoms with Gasteiger partial charge in [-0.2, -0.15) is 0 Å². The molecule has 3 unspecified atom stereocenters. The Bertz CT molecular complexity index is 1350. The van der Waals surface area contributed by atoms with Crippen molar-refractivity contribution in [2.75, 3.05) is 13.1 Å². The molecule has 1 fully saturated rings. The topological polar surface area (TPSA) is 73.1 Å². The quantitative estimate of drug-likeness (QED) is 0.302. The summed E-state index contributed by atoms with van der Waals surface area (Å²) in [5, 5.41) is 10.3. The maximum atomic E-state index is 13.3. The Labute approximate surface area is 217 Å². The lowest BCUT2D eigenvalue weighted by Crippen LogP contribution is -2.50. The van der Waals surface area contributed by atoms with Crippen LogP contribution in [0, 0.1) is 0 Å². The summed E-state index contributed by atoms with van der Waals surface area (Å²) in [4.78, 5) is 20.2. The van der Waals surface area contributed by atoms with Crippen LogP contribution in [0.2, 0.25) is 0 Å². The van der Waals surface area contributed by atoms with Gasteiger partial charge in [0.25, 0.3) is 0 Å². The fraction of sp³-hybridized carbons (Fsp3) is 0.385. The Morgan fingerprint density at radius 2 is 1.83 bits per heavy atom. The fourth-order valence-electron chi connectivity index (χ4n) is 4.67. The standard InChI is InChI=1S/C26H28BrN5O2S/c1-4-22(25(33)31-13-16(2)34-17(3)14-31)35-26-28-24-23(29-30-26)20-7-5-6-8-21(20)32(24)15-18-9-11-19(27)12-10-18/h5-12,16-17,22H,4,13-15H2,1-3H3. The highest BCUT2D eigenvalue weighted by atomic mass is 79.9. The number of thioether (sulfide) groups is 1. The van der Waals surface area contributed by atoms with Gasteiger partial charge in [-0.25, -0.2) is 4.98 Å². The first-order chi connectivity index (χ1) is 16.9. The lowest BCUT2D eigenvalue weighted by atomic mass is 10.2. The molecule has 3 atom stereocenters. The number of morpholine rings is 1. The van der Waals surface area contributed by atoms with E-state index in [4.69, 9.17) is 9.72 Å². The molecule has 182 valence electrons. The molecule has 0 saturated carbocycles. The summed E-state index contributed by atoms with van der Waals surface area (Å²) in [7, 11) is 0. The summed E-state index contributed by atoms with van der Waals surface area (Å²) in [6.07, 6.45) is 0.759. The van der Waals surface area contributed by atoms with E-state index in [1.54, 1.807) is 0 Å². The van der Waals surface area contributed by atoms with Gasteiger partial charge in [-0.15, -0.1) is 10.2 Å². The van der Waals surface area contributed by atoms with E-state index in [-0.39, 0.29) is 23.4 Å². The summed E-state index contributed by atoms with van der Waals surface area (Å²) in [5.41, 5.74) is 3.79. The molecule has 1 amide bonds. The maximum Gasteiger partial charge on any atom is 0.236 e. The van der Waals surface area contributed by atoms with Crippen molar-refractivity contribution in [2.24, 2.45) is 0 Å². The molecule has 35 heavy (non-hydrogen) atoms. The third kappa shape index (κ3) is 5.08. The zero-order valence-electron chi connectivity index (χ0n) is 20.0. The van der Waals surface area contributed by atoms with Crippen molar-refractivity contribution < 1.29 is 9.53 Å².